The number of benzene rings is 1. The normalized spacial score (nSPS) is 24.2. The smallest absolute Gasteiger partial charge is 0.258 e. The summed E-state index contributed by atoms with van der Waals surface area (Å²) in [6.45, 7) is 2.31. The van der Waals surface area contributed by atoms with Crippen LogP contribution in [-0.2, 0) is 0 Å². The first-order valence-electron chi connectivity index (χ1n) is 5.09. The van der Waals surface area contributed by atoms with E-state index in [1.54, 1.807) is 0 Å². The zero-order valence-corrected chi connectivity index (χ0v) is 10.6. The molecule has 3 rings (SSSR count). The van der Waals surface area contributed by atoms with Crippen LogP contribution in [-0.4, -0.2) is 28.6 Å². The maximum atomic E-state index is 3.58. The van der Waals surface area contributed by atoms with Crippen molar-refractivity contribution in [2.75, 3.05) is 18.8 Å². The molecule has 4 heteroatoms. The SMILES string of the molecule is Brc1ccc([C@H]2C[N+]3=C(N2)SCC3)cc1. The molecule has 2 heterocycles. The van der Waals surface area contributed by atoms with Gasteiger partial charge in [-0.25, -0.2) is 0 Å². The Morgan fingerprint density at radius 2 is 2.13 bits per heavy atom. The van der Waals surface area contributed by atoms with Crippen LogP contribution in [0.2, 0.25) is 0 Å². The number of hydrogen-bond acceptors (Lipinski definition) is 2. The van der Waals surface area contributed by atoms with E-state index in [2.05, 4.69) is 50.1 Å². The van der Waals surface area contributed by atoms with Crippen LogP contribution in [0, 0.1) is 0 Å². The van der Waals surface area contributed by atoms with Gasteiger partial charge in [-0.15, -0.1) is 0 Å². The Morgan fingerprint density at radius 3 is 2.87 bits per heavy atom. The molecule has 0 saturated carbocycles. The second-order valence-corrected chi connectivity index (χ2v) is 5.85. The van der Waals surface area contributed by atoms with Crippen molar-refractivity contribution in [3.05, 3.63) is 34.3 Å². The molecule has 0 unspecified atom stereocenters. The zero-order valence-electron chi connectivity index (χ0n) is 8.24. The molecule has 0 spiro atoms. The third-order valence-corrected chi connectivity index (χ3v) is 4.43. The van der Waals surface area contributed by atoms with Crippen molar-refractivity contribution in [1.82, 2.24) is 5.32 Å². The zero-order chi connectivity index (χ0) is 10.3. The number of rotatable bonds is 1. The summed E-state index contributed by atoms with van der Waals surface area (Å²) in [5, 5.41) is 4.94. The first-order valence-corrected chi connectivity index (χ1v) is 6.87. The van der Waals surface area contributed by atoms with Crippen LogP contribution in [0.3, 0.4) is 0 Å². The molecule has 0 aliphatic carbocycles. The Balaban J connectivity index is 1.79. The Labute approximate surface area is 102 Å². The quantitative estimate of drug-likeness (QED) is 0.795. The Kier molecular flexibility index (Phi) is 2.48. The van der Waals surface area contributed by atoms with Crippen LogP contribution >= 0.6 is 27.7 Å². The van der Waals surface area contributed by atoms with Crippen LogP contribution in [0.15, 0.2) is 28.7 Å². The van der Waals surface area contributed by atoms with Crippen molar-refractivity contribution in [3.63, 3.8) is 0 Å². The molecule has 0 bridgehead atoms. The lowest BCUT2D eigenvalue weighted by atomic mass is 10.1. The van der Waals surface area contributed by atoms with E-state index >= 15 is 0 Å². The molecule has 0 saturated heterocycles. The van der Waals surface area contributed by atoms with Gasteiger partial charge >= 0.3 is 5.17 Å². The summed E-state index contributed by atoms with van der Waals surface area (Å²) in [6, 6.07) is 9.07. The van der Waals surface area contributed by atoms with Gasteiger partial charge in [-0.05, 0) is 23.9 Å². The van der Waals surface area contributed by atoms with Crippen molar-refractivity contribution >= 4 is 32.9 Å². The van der Waals surface area contributed by atoms with E-state index in [0.29, 0.717) is 6.04 Å². The largest absolute Gasteiger partial charge is 0.307 e. The summed E-state index contributed by atoms with van der Waals surface area (Å²) in [7, 11) is 0. The lowest BCUT2D eigenvalue weighted by molar-refractivity contribution is -0.511. The van der Waals surface area contributed by atoms with E-state index in [0.717, 1.165) is 11.0 Å². The standard InChI is InChI=1S/C11H11BrN2S/c12-9-3-1-8(2-4-9)10-7-14-5-6-15-11(14)13-10/h1-4,10H,5-7H2/p+1/t10-/m1/s1. The van der Waals surface area contributed by atoms with Crippen LogP contribution in [0.5, 0.6) is 0 Å². The first kappa shape index (κ1) is 9.73. The van der Waals surface area contributed by atoms with E-state index in [-0.39, 0.29) is 0 Å². The number of nitrogens with one attached hydrogen (secondary N) is 1. The summed E-state index contributed by atoms with van der Waals surface area (Å²) in [5.74, 6) is 1.23. The van der Waals surface area contributed by atoms with Gasteiger partial charge in [-0.2, -0.15) is 0 Å². The van der Waals surface area contributed by atoms with Crippen molar-refractivity contribution in [3.8, 4) is 0 Å². The van der Waals surface area contributed by atoms with E-state index in [1.165, 1.54) is 23.0 Å². The molecule has 2 aliphatic rings. The van der Waals surface area contributed by atoms with Crippen molar-refractivity contribution in [2.24, 2.45) is 0 Å². The van der Waals surface area contributed by atoms with Crippen LogP contribution < -0.4 is 5.32 Å². The number of amidine groups is 1. The molecule has 1 N–H and O–H groups in total. The topological polar surface area (TPSA) is 15.0 Å². The highest BCUT2D eigenvalue weighted by molar-refractivity contribution is 9.10. The summed E-state index contributed by atoms with van der Waals surface area (Å²) in [5.41, 5.74) is 1.38. The van der Waals surface area contributed by atoms with Gasteiger partial charge in [0.05, 0.1) is 6.54 Å². The third kappa shape index (κ3) is 1.81. The lowest BCUT2D eigenvalue weighted by Crippen LogP contribution is -2.21. The molecular weight excluding hydrogens is 272 g/mol. The van der Waals surface area contributed by atoms with Crippen molar-refractivity contribution in [2.45, 2.75) is 6.04 Å². The molecule has 2 nitrogen and oxygen atoms in total. The number of thioether (sulfide) groups is 1. The lowest BCUT2D eigenvalue weighted by Gasteiger charge is -2.07. The molecule has 78 valence electrons. The third-order valence-electron chi connectivity index (χ3n) is 2.86. The van der Waals surface area contributed by atoms with Gasteiger partial charge in [0.15, 0.2) is 6.04 Å². The first-order chi connectivity index (χ1) is 7.33. The van der Waals surface area contributed by atoms with Gasteiger partial charge < -0.3 is 0 Å². The molecule has 0 radical (unpaired) electrons. The molecule has 1 aromatic carbocycles. The van der Waals surface area contributed by atoms with Gasteiger partial charge in [-0.3, -0.25) is 9.89 Å². The number of halogens is 1. The molecule has 0 aromatic heterocycles. The fraction of sp³-hybridized carbons (Fsp3) is 0.364. The average Bonchev–Trinajstić information content (AvgIpc) is 2.78. The molecular formula is C11H12BrN2S+. The second-order valence-electron chi connectivity index (χ2n) is 3.85. The van der Waals surface area contributed by atoms with Crippen LogP contribution in [0.25, 0.3) is 0 Å². The highest BCUT2D eigenvalue weighted by Crippen LogP contribution is 2.24. The van der Waals surface area contributed by atoms with Crippen LogP contribution in [0.1, 0.15) is 11.6 Å². The Hall–Kier alpha value is -0.480. The minimum absolute atomic E-state index is 0.473. The van der Waals surface area contributed by atoms with Gasteiger partial charge in [-0.1, -0.05) is 28.1 Å². The summed E-state index contributed by atoms with van der Waals surface area (Å²) >= 11 is 5.40. The summed E-state index contributed by atoms with van der Waals surface area (Å²) in [6.07, 6.45) is 0. The fourth-order valence-corrected chi connectivity index (χ4v) is 3.39. The van der Waals surface area contributed by atoms with E-state index < -0.39 is 0 Å². The minimum atomic E-state index is 0.473. The highest BCUT2D eigenvalue weighted by atomic mass is 79.9. The predicted molar refractivity (Wildman–Crippen MR) is 67.5 cm³/mol. The van der Waals surface area contributed by atoms with E-state index in [4.69, 9.17) is 0 Å². The molecule has 2 aliphatic heterocycles. The van der Waals surface area contributed by atoms with Gasteiger partial charge in [0.1, 0.15) is 6.54 Å². The van der Waals surface area contributed by atoms with E-state index in [1.807, 2.05) is 11.8 Å². The van der Waals surface area contributed by atoms with Gasteiger partial charge in [0.25, 0.3) is 0 Å². The minimum Gasteiger partial charge on any atom is -0.258 e. The van der Waals surface area contributed by atoms with Crippen molar-refractivity contribution in [1.29, 1.82) is 0 Å². The second kappa shape index (κ2) is 3.83. The maximum Gasteiger partial charge on any atom is 0.307 e. The summed E-state index contributed by atoms with van der Waals surface area (Å²) in [4.78, 5) is 0. The van der Waals surface area contributed by atoms with Crippen LogP contribution in [0.4, 0.5) is 0 Å². The molecule has 15 heavy (non-hydrogen) atoms. The van der Waals surface area contributed by atoms with Crippen molar-refractivity contribution < 1.29 is 4.58 Å². The van der Waals surface area contributed by atoms with Gasteiger partial charge in [0, 0.05) is 15.8 Å². The number of hydrogen-bond donors (Lipinski definition) is 1. The molecule has 0 fully saturated rings. The molecule has 1 atom stereocenters. The highest BCUT2D eigenvalue weighted by Gasteiger charge is 2.35. The number of nitrogens with zero attached hydrogens (tertiary/aromatic N) is 1. The molecule has 1 aromatic rings. The Bertz CT molecular complexity index is 397. The fourth-order valence-electron chi connectivity index (χ4n) is 2.05. The average molecular weight is 284 g/mol. The monoisotopic (exact) mass is 283 g/mol. The van der Waals surface area contributed by atoms with E-state index in [9.17, 15) is 0 Å². The summed E-state index contributed by atoms with van der Waals surface area (Å²) < 4.78 is 3.59. The molecule has 0 amide bonds. The predicted octanol–water partition coefficient (Wildman–Crippen LogP) is 2.21. The maximum absolute atomic E-state index is 3.58. The Morgan fingerprint density at radius 1 is 1.33 bits per heavy atom. The van der Waals surface area contributed by atoms with Gasteiger partial charge in [0.2, 0.25) is 0 Å².